The number of esters is 1. The Hall–Kier alpha value is -1.81. The molecule has 0 spiro atoms. The third-order valence-electron chi connectivity index (χ3n) is 1.97. The van der Waals surface area contributed by atoms with Crippen LogP contribution in [0.25, 0.3) is 0 Å². The fraction of sp³-hybridized carbons (Fsp3) is 0.182. The lowest BCUT2D eigenvalue weighted by Gasteiger charge is -2.05. The molecule has 0 N–H and O–H groups in total. The number of ether oxygens (including phenoxy) is 1. The molecule has 1 aromatic rings. The number of hydrogen-bond acceptors (Lipinski definition) is 4. The van der Waals surface area contributed by atoms with Crippen LogP contribution in [0.15, 0.2) is 30.4 Å². The fourth-order valence-electron chi connectivity index (χ4n) is 1.19. The Morgan fingerprint density at radius 1 is 1.53 bits per heavy atom. The summed E-state index contributed by atoms with van der Waals surface area (Å²) in [7, 11) is 0. The van der Waals surface area contributed by atoms with Crippen molar-refractivity contribution in [3.63, 3.8) is 0 Å². The van der Waals surface area contributed by atoms with Crippen LogP contribution < -0.4 is 9.62 Å². The van der Waals surface area contributed by atoms with E-state index in [2.05, 4.69) is 6.58 Å². The van der Waals surface area contributed by atoms with Crippen molar-refractivity contribution in [2.75, 3.05) is 0 Å². The zero-order valence-corrected chi connectivity index (χ0v) is 8.28. The maximum absolute atomic E-state index is 11.3. The molecule has 0 saturated heterocycles. The van der Waals surface area contributed by atoms with Crippen LogP contribution in [0.5, 0.6) is 11.5 Å². The van der Waals surface area contributed by atoms with E-state index in [9.17, 15) is 4.79 Å². The van der Waals surface area contributed by atoms with Gasteiger partial charge in [0.2, 0.25) is 5.75 Å². The standard InChI is InChI=1S/C11H10O4/c1-7(2)11(12)14-9-5-3-4-8-6-13-15-10(8)9/h3-5H,1,6H2,2H3. The second-order valence-corrected chi connectivity index (χ2v) is 3.26. The van der Waals surface area contributed by atoms with Gasteiger partial charge in [-0.05, 0) is 13.0 Å². The van der Waals surface area contributed by atoms with Crippen LogP contribution in [0.2, 0.25) is 0 Å². The zero-order chi connectivity index (χ0) is 10.8. The van der Waals surface area contributed by atoms with Gasteiger partial charge in [0.05, 0.1) is 0 Å². The molecule has 78 valence electrons. The molecule has 4 nitrogen and oxygen atoms in total. The number of carbonyl (C=O) groups excluding carboxylic acids is 1. The summed E-state index contributed by atoms with van der Waals surface area (Å²) in [5.74, 6) is 0.351. The molecule has 1 aliphatic rings. The molecule has 0 saturated carbocycles. The quantitative estimate of drug-likeness (QED) is 0.321. The fourth-order valence-corrected chi connectivity index (χ4v) is 1.19. The molecule has 1 aliphatic heterocycles. The molecule has 1 aromatic carbocycles. The molecule has 0 aliphatic carbocycles. The molecule has 0 radical (unpaired) electrons. The van der Waals surface area contributed by atoms with E-state index in [0.29, 0.717) is 23.7 Å². The molecule has 0 fully saturated rings. The van der Waals surface area contributed by atoms with Crippen LogP contribution in [0.4, 0.5) is 0 Å². The largest absolute Gasteiger partial charge is 0.419 e. The van der Waals surface area contributed by atoms with Crippen molar-refractivity contribution in [1.82, 2.24) is 0 Å². The maximum Gasteiger partial charge on any atom is 0.338 e. The average Bonchev–Trinajstić information content (AvgIpc) is 2.66. The second-order valence-electron chi connectivity index (χ2n) is 3.26. The molecule has 2 rings (SSSR count). The number of benzene rings is 1. The monoisotopic (exact) mass is 206 g/mol. The van der Waals surface area contributed by atoms with Gasteiger partial charge in [0.25, 0.3) is 0 Å². The van der Waals surface area contributed by atoms with Crippen molar-refractivity contribution in [2.24, 2.45) is 0 Å². The number of carbonyl (C=O) groups is 1. The van der Waals surface area contributed by atoms with Gasteiger partial charge in [0.1, 0.15) is 6.61 Å². The minimum Gasteiger partial charge on any atom is -0.419 e. The Bertz CT molecular complexity index is 423. The van der Waals surface area contributed by atoms with E-state index in [1.54, 1.807) is 19.1 Å². The molecular formula is C11H10O4. The minimum absolute atomic E-state index is 0.339. The lowest BCUT2D eigenvalue weighted by atomic mass is 10.2. The topological polar surface area (TPSA) is 44.8 Å². The third kappa shape index (κ3) is 1.85. The SMILES string of the molecule is C=C(C)C(=O)Oc1cccc2c1OOC2. The van der Waals surface area contributed by atoms with Crippen LogP contribution in [0.3, 0.4) is 0 Å². The summed E-state index contributed by atoms with van der Waals surface area (Å²) in [5, 5.41) is 0. The molecule has 0 unspecified atom stereocenters. The number of fused-ring (bicyclic) bond motifs is 1. The van der Waals surface area contributed by atoms with Gasteiger partial charge in [-0.15, -0.1) is 0 Å². The van der Waals surface area contributed by atoms with E-state index in [4.69, 9.17) is 14.5 Å². The maximum atomic E-state index is 11.3. The van der Waals surface area contributed by atoms with Crippen LogP contribution in [-0.4, -0.2) is 5.97 Å². The average molecular weight is 206 g/mol. The van der Waals surface area contributed by atoms with E-state index in [1.165, 1.54) is 0 Å². The summed E-state index contributed by atoms with van der Waals surface area (Å²) >= 11 is 0. The zero-order valence-electron chi connectivity index (χ0n) is 8.28. The summed E-state index contributed by atoms with van der Waals surface area (Å²) in [5.41, 5.74) is 1.20. The molecule has 0 aromatic heterocycles. The van der Waals surface area contributed by atoms with Gasteiger partial charge in [0.15, 0.2) is 5.75 Å². The number of rotatable bonds is 2. The molecular weight excluding hydrogens is 196 g/mol. The third-order valence-corrected chi connectivity index (χ3v) is 1.97. The normalized spacial score (nSPS) is 12.9. The summed E-state index contributed by atoms with van der Waals surface area (Å²) in [4.78, 5) is 21.0. The van der Waals surface area contributed by atoms with Crippen LogP contribution in [-0.2, 0) is 16.3 Å². The van der Waals surface area contributed by atoms with E-state index in [1.807, 2.05) is 6.07 Å². The Balaban J connectivity index is 2.26. The van der Waals surface area contributed by atoms with E-state index >= 15 is 0 Å². The van der Waals surface area contributed by atoms with E-state index in [0.717, 1.165) is 5.56 Å². The highest BCUT2D eigenvalue weighted by Crippen LogP contribution is 2.36. The molecule has 1 heterocycles. The Kier molecular flexibility index (Phi) is 2.43. The molecule has 0 amide bonds. The summed E-state index contributed by atoms with van der Waals surface area (Å²) in [6.07, 6.45) is 0. The van der Waals surface area contributed by atoms with Crippen molar-refractivity contribution in [1.29, 1.82) is 0 Å². The molecule has 0 atom stereocenters. The van der Waals surface area contributed by atoms with Crippen molar-refractivity contribution < 1.29 is 19.3 Å². The lowest BCUT2D eigenvalue weighted by molar-refractivity contribution is -0.195. The first kappa shape index (κ1) is 9.73. The number of para-hydroxylation sites is 1. The van der Waals surface area contributed by atoms with Crippen LogP contribution >= 0.6 is 0 Å². The van der Waals surface area contributed by atoms with Crippen LogP contribution in [0, 0.1) is 0 Å². The molecule has 4 heteroatoms. The Labute approximate surface area is 87.0 Å². The Morgan fingerprint density at radius 2 is 2.33 bits per heavy atom. The van der Waals surface area contributed by atoms with Gasteiger partial charge in [-0.25, -0.2) is 4.79 Å². The first-order valence-corrected chi connectivity index (χ1v) is 4.47. The lowest BCUT2D eigenvalue weighted by Crippen LogP contribution is -2.08. The first-order valence-electron chi connectivity index (χ1n) is 4.47. The van der Waals surface area contributed by atoms with Gasteiger partial charge in [-0.2, -0.15) is 4.89 Å². The van der Waals surface area contributed by atoms with Crippen molar-refractivity contribution in [3.8, 4) is 11.5 Å². The van der Waals surface area contributed by atoms with E-state index < -0.39 is 5.97 Å². The number of hydrogen-bond donors (Lipinski definition) is 0. The first-order chi connectivity index (χ1) is 7.18. The second kappa shape index (κ2) is 3.74. The molecule has 0 bridgehead atoms. The van der Waals surface area contributed by atoms with Crippen molar-refractivity contribution >= 4 is 5.97 Å². The highest BCUT2D eigenvalue weighted by Gasteiger charge is 2.20. The smallest absolute Gasteiger partial charge is 0.338 e. The van der Waals surface area contributed by atoms with Crippen molar-refractivity contribution in [3.05, 3.63) is 35.9 Å². The van der Waals surface area contributed by atoms with E-state index in [-0.39, 0.29) is 0 Å². The molecule has 15 heavy (non-hydrogen) atoms. The van der Waals surface area contributed by atoms with Crippen LogP contribution in [0.1, 0.15) is 12.5 Å². The minimum atomic E-state index is -0.473. The highest BCUT2D eigenvalue weighted by atomic mass is 17.2. The van der Waals surface area contributed by atoms with Gasteiger partial charge in [0, 0.05) is 11.1 Å². The van der Waals surface area contributed by atoms with Gasteiger partial charge in [-0.3, -0.25) is 0 Å². The summed E-state index contributed by atoms with van der Waals surface area (Å²) < 4.78 is 5.08. The predicted octanol–water partition coefficient (Wildman–Crippen LogP) is 1.99. The highest BCUT2D eigenvalue weighted by molar-refractivity contribution is 5.89. The Morgan fingerprint density at radius 3 is 3.07 bits per heavy atom. The predicted molar refractivity (Wildman–Crippen MR) is 52.3 cm³/mol. The van der Waals surface area contributed by atoms with Gasteiger partial charge in [-0.1, -0.05) is 18.7 Å². The van der Waals surface area contributed by atoms with Gasteiger partial charge < -0.3 is 9.62 Å². The van der Waals surface area contributed by atoms with Crippen molar-refractivity contribution in [2.45, 2.75) is 13.5 Å². The summed E-state index contributed by atoms with van der Waals surface area (Å²) in [6, 6.07) is 5.27. The van der Waals surface area contributed by atoms with Gasteiger partial charge >= 0.3 is 5.97 Å². The summed E-state index contributed by atoms with van der Waals surface area (Å²) in [6.45, 7) is 5.45.